The highest BCUT2D eigenvalue weighted by Crippen LogP contribution is 2.24. The second kappa shape index (κ2) is 8.67. The Balaban J connectivity index is 1.39. The molecule has 1 fully saturated rings. The van der Waals surface area contributed by atoms with Crippen LogP contribution >= 0.6 is 0 Å². The Morgan fingerprint density at radius 2 is 1.64 bits per heavy atom. The van der Waals surface area contributed by atoms with Crippen molar-refractivity contribution < 1.29 is 4.74 Å². The number of nitrogens with one attached hydrogen (secondary N) is 1. The maximum atomic E-state index is 5.82. The van der Waals surface area contributed by atoms with E-state index in [4.69, 9.17) is 4.74 Å². The predicted octanol–water partition coefficient (Wildman–Crippen LogP) is 3.55. The molecule has 144 valence electrons. The maximum absolute atomic E-state index is 5.82. The molecule has 2 heterocycles. The smallest absolute Gasteiger partial charge is 0.247 e. The number of rotatable bonds is 6. The molecule has 1 saturated heterocycles. The molecule has 28 heavy (non-hydrogen) atoms. The Morgan fingerprint density at radius 1 is 0.929 bits per heavy atom. The standard InChI is InChI=1S/C21H24N6O/c1-2-26-12-14-27(15-13-26)21-24-20(16-22-25-21)23-17-8-10-19(11-9-17)28-18-6-4-3-5-7-18/h3-11,16H,2,12-15H2,1H3,(H,23,24,25). The molecule has 3 aromatic rings. The van der Waals surface area contributed by atoms with Gasteiger partial charge in [0.15, 0.2) is 5.82 Å². The summed E-state index contributed by atoms with van der Waals surface area (Å²) in [5.74, 6) is 2.95. The molecular weight excluding hydrogens is 352 g/mol. The number of piperazine rings is 1. The first-order chi connectivity index (χ1) is 13.8. The highest BCUT2D eigenvalue weighted by atomic mass is 16.5. The van der Waals surface area contributed by atoms with Crippen LogP contribution in [0, 0.1) is 0 Å². The highest BCUT2D eigenvalue weighted by molar-refractivity contribution is 5.57. The molecule has 0 aliphatic carbocycles. The van der Waals surface area contributed by atoms with E-state index < -0.39 is 0 Å². The number of nitrogens with zero attached hydrogens (tertiary/aromatic N) is 5. The molecule has 1 aromatic heterocycles. The number of ether oxygens (including phenoxy) is 1. The largest absolute Gasteiger partial charge is 0.457 e. The predicted molar refractivity (Wildman–Crippen MR) is 110 cm³/mol. The normalized spacial score (nSPS) is 14.7. The van der Waals surface area contributed by atoms with Crippen molar-refractivity contribution in [3.8, 4) is 11.5 Å². The monoisotopic (exact) mass is 376 g/mol. The first-order valence-corrected chi connectivity index (χ1v) is 9.57. The Hall–Kier alpha value is -3.19. The van der Waals surface area contributed by atoms with Crippen LogP contribution in [0.4, 0.5) is 17.5 Å². The van der Waals surface area contributed by atoms with E-state index in [0.717, 1.165) is 49.9 Å². The Labute approximate surface area is 165 Å². The third-order valence-electron chi connectivity index (χ3n) is 4.76. The van der Waals surface area contributed by atoms with Gasteiger partial charge in [-0.1, -0.05) is 25.1 Å². The van der Waals surface area contributed by atoms with Gasteiger partial charge in [-0.25, -0.2) is 0 Å². The SMILES string of the molecule is CCN1CCN(c2nncc(Nc3ccc(Oc4ccccc4)cc3)n2)CC1. The van der Waals surface area contributed by atoms with E-state index >= 15 is 0 Å². The fourth-order valence-corrected chi connectivity index (χ4v) is 3.13. The van der Waals surface area contributed by atoms with Crippen molar-refractivity contribution in [2.45, 2.75) is 6.92 Å². The van der Waals surface area contributed by atoms with Crippen LogP contribution in [0.2, 0.25) is 0 Å². The van der Waals surface area contributed by atoms with Gasteiger partial charge in [-0.15, -0.1) is 5.10 Å². The van der Waals surface area contributed by atoms with Gasteiger partial charge in [0, 0.05) is 31.9 Å². The molecule has 0 atom stereocenters. The first kappa shape index (κ1) is 18.2. The summed E-state index contributed by atoms with van der Waals surface area (Å²) in [7, 11) is 0. The lowest BCUT2D eigenvalue weighted by Crippen LogP contribution is -2.46. The topological polar surface area (TPSA) is 66.4 Å². The number of para-hydroxylation sites is 1. The molecule has 7 heteroatoms. The lowest BCUT2D eigenvalue weighted by atomic mass is 10.3. The lowest BCUT2D eigenvalue weighted by Gasteiger charge is -2.33. The van der Waals surface area contributed by atoms with Gasteiger partial charge < -0.3 is 19.9 Å². The Kier molecular flexibility index (Phi) is 5.63. The number of anilines is 3. The van der Waals surface area contributed by atoms with Crippen LogP contribution in [0.3, 0.4) is 0 Å². The van der Waals surface area contributed by atoms with E-state index in [2.05, 4.69) is 37.2 Å². The van der Waals surface area contributed by atoms with E-state index in [1.807, 2.05) is 54.6 Å². The van der Waals surface area contributed by atoms with Crippen molar-refractivity contribution in [1.29, 1.82) is 0 Å². The molecule has 7 nitrogen and oxygen atoms in total. The zero-order valence-corrected chi connectivity index (χ0v) is 16.0. The molecule has 0 saturated carbocycles. The number of benzene rings is 2. The van der Waals surface area contributed by atoms with Crippen LogP contribution < -0.4 is 15.0 Å². The van der Waals surface area contributed by atoms with Gasteiger partial charge in [0.1, 0.15) is 11.5 Å². The first-order valence-electron chi connectivity index (χ1n) is 9.57. The molecule has 0 radical (unpaired) electrons. The van der Waals surface area contributed by atoms with E-state index in [1.165, 1.54) is 0 Å². The highest BCUT2D eigenvalue weighted by Gasteiger charge is 2.18. The van der Waals surface area contributed by atoms with Gasteiger partial charge in [-0.05, 0) is 42.9 Å². The Morgan fingerprint density at radius 3 is 2.36 bits per heavy atom. The minimum Gasteiger partial charge on any atom is -0.457 e. The molecule has 0 unspecified atom stereocenters. The minimum atomic E-state index is 0.671. The summed E-state index contributed by atoms with van der Waals surface area (Å²) in [4.78, 5) is 9.23. The van der Waals surface area contributed by atoms with Gasteiger partial charge >= 0.3 is 0 Å². The van der Waals surface area contributed by atoms with Crippen molar-refractivity contribution in [3.63, 3.8) is 0 Å². The maximum Gasteiger partial charge on any atom is 0.247 e. The van der Waals surface area contributed by atoms with E-state index in [0.29, 0.717) is 11.8 Å². The van der Waals surface area contributed by atoms with Gasteiger partial charge in [0.25, 0.3) is 0 Å². The molecule has 1 aliphatic heterocycles. The summed E-state index contributed by atoms with van der Waals surface area (Å²) in [6, 6.07) is 17.5. The summed E-state index contributed by atoms with van der Waals surface area (Å²) < 4.78 is 5.82. The van der Waals surface area contributed by atoms with Crippen LogP contribution in [0.1, 0.15) is 6.92 Å². The molecule has 2 aromatic carbocycles. The number of likely N-dealkylation sites (N-methyl/N-ethyl adjacent to an activating group) is 1. The average molecular weight is 376 g/mol. The average Bonchev–Trinajstić information content (AvgIpc) is 2.76. The summed E-state index contributed by atoms with van der Waals surface area (Å²) in [5, 5.41) is 11.6. The van der Waals surface area contributed by atoms with Gasteiger partial charge in [-0.2, -0.15) is 10.1 Å². The summed E-state index contributed by atoms with van der Waals surface area (Å²) in [5.41, 5.74) is 0.919. The molecule has 4 rings (SSSR count). The number of hydrogen-bond acceptors (Lipinski definition) is 7. The molecule has 1 N–H and O–H groups in total. The van der Waals surface area contributed by atoms with Crippen LogP contribution in [-0.2, 0) is 0 Å². The van der Waals surface area contributed by atoms with Crippen LogP contribution in [0.15, 0.2) is 60.8 Å². The second-order valence-electron chi connectivity index (χ2n) is 6.63. The fraction of sp³-hybridized carbons (Fsp3) is 0.286. The zero-order valence-electron chi connectivity index (χ0n) is 16.0. The van der Waals surface area contributed by atoms with E-state index in [1.54, 1.807) is 6.20 Å². The van der Waals surface area contributed by atoms with Crippen molar-refractivity contribution in [1.82, 2.24) is 20.1 Å². The summed E-state index contributed by atoms with van der Waals surface area (Å²) in [6.07, 6.45) is 1.64. The Bertz CT molecular complexity index is 879. The lowest BCUT2D eigenvalue weighted by molar-refractivity contribution is 0.269. The summed E-state index contributed by atoms with van der Waals surface area (Å²) in [6.45, 7) is 7.17. The molecule has 0 spiro atoms. The van der Waals surface area contributed by atoms with Crippen LogP contribution in [-0.4, -0.2) is 52.8 Å². The van der Waals surface area contributed by atoms with E-state index in [-0.39, 0.29) is 0 Å². The third-order valence-corrected chi connectivity index (χ3v) is 4.76. The molecule has 0 bridgehead atoms. The van der Waals surface area contributed by atoms with Crippen LogP contribution in [0.25, 0.3) is 0 Å². The fourth-order valence-electron chi connectivity index (χ4n) is 3.13. The third kappa shape index (κ3) is 4.55. The van der Waals surface area contributed by atoms with Crippen molar-refractivity contribution in [3.05, 3.63) is 60.8 Å². The number of aromatic nitrogens is 3. The van der Waals surface area contributed by atoms with Gasteiger partial charge in [0.05, 0.1) is 6.20 Å². The van der Waals surface area contributed by atoms with Crippen molar-refractivity contribution in [2.24, 2.45) is 0 Å². The zero-order chi connectivity index (χ0) is 19.2. The van der Waals surface area contributed by atoms with Crippen molar-refractivity contribution in [2.75, 3.05) is 42.9 Å². The van der Waals surface area contributed by atoms with Crippen molar-refractivity contribution >= 4 is 17.5 Å². The van der Waals surface area contributed by atoms with Gasteiger partial charge in [0.2, 0.25) is 5.95 Å². The quantitative estimate of drug-likeness (QED) is 0.706. The molecule has 0 amide bonds. The minimum absolute atomic E-state index is 0.671. The molecular formula is C21H24N6O. The summed E-state index contributed by atoms with van der Waals surface area (Å²) >= 11 is 0. The van der Waals surface area contributed by atoms with E-state index in [9.17, 15) is 0 Å². The second-order valence-corrected chi connectivity index (χ2v) is 6.63. The molecule has 1 aliphatic rings. The number of hydrogen-bond donors (Lipinski definition) is 1. The van der Waals surface area contributed by atoms with Crippen LogP contribution in [0.5, 0.6) is 11.5 Å². The van der Waals surface area contributed by atoms with Gasteiger partial charge in [-0.3, -0.25) is 0 Å².